The second kappa shape index (κ2) is 5.27. The Kier molecular flexibility index (Phi) is 3.98. The van der Waals surface area contributed by atoms with Crippen molar-refractivity contribution in [1.29, 1.82) is 0 Å². The molecule has 0 radical (unpaired) electrons. The van der Waals surface area contributed by atoms with Gasteiger partial charge in [0.25, 0.3) is 0 Å². The minimum absolute atomic E-state index is 0.0833. The molecule has 0 bridgehead atoms. The van der Waals surface area contributed by atoms with Crippen molar-refractivity contribution in [2.24, 2.45) is 0 Å². The van der Waals surface area contributed by atoms with Gasteiger partial charge in [0.05, 0.1) is 5.69 Å². The molecule has 0 saturated heterocycles. The van der Waals surface area contributed by atoms with Crippen LogP contribution >= 0.6 is 11.8 Å². The Labute approximate surface area is 86.2 Å². The van der Waals surface area contributed by atoms with Crippen LogP contribution in [0.15, 0.2) is 35.5 Å². The van der Waals surface area contributed by atoms with Crippen molar-refractivity contribution in [1.82, 2.24) is 4.98 Å². The predicted molar refractivity (Wildman–Crippen MR) is 56.9 cm³/mol. The molecule has 0 aromatic carbocycles. The number of rotatable bonds is 3. The molecule has 0 fully saturated rings. The van der Waals surface area contributed by atoms with Gasteiger partial charge in [-0.3, -0.25) is 4.98 Å². The number of pyridine rings is 1. The largest absolute Gasteiger partial charge is 0.477 e. The molecule has 0 amide bonds. The fourth-order valence-corrected chi connectivity index (χ4v) is 1.11. The summed E-state index contributed by atoms with van der Waals surface area (Å²) >= 11 is 1.39. The number of hydrogen-bond acceptors (Lipinski definition) is 3. The zero-order valence-corrected chi connectivity index (χ0v) is 8.41. The highest BCUT2D eigenvalue weighted by Crippen LogP contribution is 2.10. The minimum atomic E-state index is -1.02. The molecule has 0 aliphatic carbocycles. The molecule has 1 rings (SSSR count). The zero-order chi connectivity index (χ0) is 10.4. The molecule has 4 heteroatoms. The number of thioether (sulfide) groups is 1. The highest BCUT2D eigenvalue weighted by molar-refractivity contribution is 8.01. The molecule has 72 valence electrons. The Hall–Kier alpha value is -1.51. The highest BCUT2D eigenvalue weighted by Gasteiger charge is 2.09. The third-order valence-electron chi connectivity index (χ3n) is 1.46. The number of aliphatic carboxylic acids is 1. The first-order valence-electron chi connectivity index (χ1n) is 3.88. The van der Waals surface area contributed by atoms with E-state index in [2.05, 4.69) is 10.7 Å². The van der Waals surface area contributed by atoms with Crippen molar-refractivity contribution in [2.75, 3.05) is 6.26 Å². The van der Waals surface area contributed by atoms with E-state index in [0.29, 0.717) is 5.69 Å². The van der Waals surface area contributed by atoms with Gasteiger partial charge in [0, 0.05) is 11.6 Å². The van der Waals surface area contributed by atoms with E-state index in [0.717, 1.165) is 0 Å². The molecule has 0 aliphatic rings. The fourth-order valence-electron chi connectivity index (χ4n) is 0.874. The van der Waals surface area contributed by atoms with Gasteiger partial charge in [0.2, 0.25) is 0 Å². The first-order chi connectivity index (χ1) is 6.75. The zero-order valence-electron chi connectivity index (χ0n) is 7.60. The van der Waals surface area contributed by atoms with E-state index in [1.165, 1.54) is 11.8 Å². The lowest BCUT2D eigenvalue weighted by Crippen LogP contribution is -1.99. The van der Waals surface area contributed by atoms with Gasteiger partial charge >= 0.3 is 5.97 Å². The summed E-state index contributed by atoms with van der Waals surface area (Å²) in [5.41, 5.74) is 3.18. The van der Waals surface area contributed by atoms with Crippen LogP contribution in [-0.2, 0) is 4.79 Å². The lowest BCUT2D eigenvalue weighted by Gasteiger charge is -1.96. The van der Waals surface area contributed by atoms with E-state index in [-0.39, 0.29) is 5.57 Å². The predicted octanol–water partition coefficient (Wildman–Crippen LogP) is 2.03. The smallest absolute Gasteiger partial charge is 0.345 e. The van der Waals surface area contributed by atoms with Crippen LogP contribution in [0, 0.1) is 0 Å². The maximum absolute atomic E-state index is 10.8. The molecule has 1 heterocycles. The maximum Gasteiger partial charge on any atom is 0.345 e. The van der Waals surface area contributed by atoms with Crippen molar-refractivity contribution in [3.63, 3.8) is 0 Å². The number of carboxylic acids is 1. The quantitative estimate of drug-likeness (QED) is 0.608. The molecule has 14 heavy (non-hydrogen) atoms. The van der Waals surface area contributed by atoms with Gasteiger partial charge in [0.1, 0.15) is 5.57 Å². The van der Waals surface area contributed by atoms with Gasteiger partial charge in [-0.25, -0.2) is 4.79 Å². The third kappa shape index (κ3) is 2.76. The molecule has 0 unspecified atom stereocenters. The molecule has 1 N–H and O–H groups in total. The van der Waals surface area contributed by atoms with Crippen LogP contribution in [0.5, 0.6) is 0 Å². The summed E-state index contributed by atoms with van der Waals surface area (Å²) in [6.07, 6.45) is 3.39. The monoisotopic (exact) mass is 207 g/mol. The van der Waals surface area contributed by atoms with E-state index in [4.69, 9.17) is 5.11 Å². The second-order valence-corrected chi connectivity index (χ2v) is 3.10. The standard InChI is InChI=1S/C10H9NO2S/c1-14-7-5-8(10(12)13)9-4-2-3-6-11-9/h2-4,6-7H,1H3,(H,12,13). The maximum atomic E-state index is 10.8. The second-order valence-electron chi connectivity index (χ2n) is 2.39. The Balaban J connectivity index is 3.15. The van der Waals surface area contributed by atoms with E-state index in [1.54, 1.807) is 29.8 Å². The average molecular weight is 207 g/mol. The SMILES string of the molecule is CSC=C=C(C(=O)O)c1ccccn1. The minimum Gasteiger partial charge on any atom is -0.477 e. The van der Waals surface area contributed by atoms with E-state index < -0.39 is 5.97 Å². The average Bonchev–Trinajstić information content (AvgIpc) is 2.19. The summed E-state index contributed by atoms with van der Waals surface area (Å²) in [6, 6.07) is 5.12. The van der Waals surface area contributed by atoms with Crippen LogP contribution in [0.1, 0.15) is 5.69 Å². The first kappa shape index (κ1) is 10.6. The van der Waals surface area contributed by atoms with Gasteiger partial charge < -0.3 is 5.11 Å². The van der Waals surface area contributed by atoms with Crippen LogP contribution < -0.4 is 0 Å². The topological polar surface area (TPSA) is 50.2 Å². The Bertz CT molecular complexity index is 380. The number of carboxylic acid groups (broad SMARTS) is 1. The molecular weight excluding hydrogens is 198 g/mol. The van der Waals surface area contributed by atoms with Crippen LogP contribution in [-0.4, -0.2) is 22.3 Å². The molecule has 3 nitrogen and oxygen atoms in total. The molecule has 0 spiro atoms. The van der Waals surface area contributed by atoms with Crippen molar-refractivity contribution in [3.05, 3.63) is 41.2 Å². The normalized spacial score (nSPS) is 8.93. The molecular formula is C10H9NO2S. The van der Waals surface area contributed by atoms with Crippen LogP contribution in [0.3, 0.4) is 0 Å². The summed E-state index contributed by atoms with van der Waals surface area (Å²) < 4.78 is 0. The molecule has 1 aromatic heterocycles. The van der Waals surface area contributed by atoms with Crippen LogP contribution in [0.4, 0.5) is 0 Å². The number of hydrogen-bond donors (Lipinski definition) is 1. The number of aromatic nitrogens is 1. The number of carbonyl (C=O) groups is 1. The van der Waals surface area contributed by atoms with Gasteiger partial charge in [-0.05, 0) is 18.4 Å². The van der Waals surface area contributed by atoms with E-state index in [9.17, 15) is 4.79 Å². The Morgan fingerprint density at radius 1 is 1.64 bits per heavy atom. The fraction of sp³-hybridized carbons (Fsp3) is 0.100. The van der Waals surface area contributed by atoms with Crippen LogP contribution in [0.2, 0.25) is 0 Å². The van der Waals surface area contributed by atoms with Crippen molar-refractivity contribution in [2.45, 2.75) is 0 Å². The molecule has 0 atom stereocenters. The first-order valence-corrected chi connectivity index (χ1v) is 5.17. The summed E-state index contributed by atoms with van der Waals surface area (Å²) in [7, 11) is 0. The third-order valence-corrected chi connectivity index (χ3v) is 1.81. The summed E-state index contributed by atoms with van der Waals surface area (Å²) in [5.74, 6) is -1.02. The van der Waals surface area contributed by atoms with Crippen molar-refractivity contribution >= 4 is 23.3 Å². The summed E-state index contributed by atoms with van der Waals surface area (Å²) in [4.78, 5) is 14.8. The number of nitrogens with zero attached hydrogens (tertiary/aromatic N) is 1. The molecule has 0 aliphatic heterocycles. The van der Waals surface area contributed by atoms with Gasteiger partial charge in [-0.15, -0.1) is 11.8 Å². The van der Waals surface area contributed by atoms with Crippen LogP contribution in [0.25, 0.3) is 5.57 Å². The van der Waals surface area contributed by atoms with E-state index in [1.807, 2.05) is 6.26 Å². The van der Waals surface area contributed by atoms with Gasteiger partial charge in [-0.1, -0.05) is 11.8 Å². The Morgan fingerprint density at radius 2 is 2.43 bits per heavy atom. The summed E-state index contributed by atoms with van der Waals surface area (Å²) in [5, 5.41) is 10.5. The molecule has 0 saturated carbocycles. The lowest BCUT2D eigenvalue weighted by molar-refractivity contribution is -0.130. The van der Waals surface area contributed by atoms with E-state index >= 15 is 0 Å². The lowest BCUT2D eigenvalue weighted by atomic mass is 10.2. The Morgan fingerprint density at radius 3 is 2.93 bits per heavy atom. The highest BCUT2D eigenvalue weighted by atomic mass is 32.2. The summed E-state index contributed by atoms with van der Waals surface area (Å²) in [6.45, 7) is 0. The van der Waals surface area contributed by atoms with Gasteiger partial charge in [-0.2, -0.15) is 0 Å². The molecule has 1 aromatic rings. The van der Waals surface area contributed by atoms with Gasteiger partial charge in [0.15, 0.2) is 0 Å². The van der Waals surface area contributed by atoms with Crippen molar-refractivity contribution in [3.8, 4) is 0 Å². The van der Waals surface area contributed by atoms with Crippen molar-refractivity contribution < 1.29 is 9.90 Å².